The zero-order valence-corrected chi connectivity index (χ0v) is 12.8. The summed E-state index contributed by atoms with van der Waals surface area (Å²) >= 11 is 1.76. The van der Waals surface area contributed by atoms with Gasteiger partial charge in [0.15, 0.2) is 0 Å². The highest BCUT2D eigenvalue weighted by molar-refractivity contribution is 7.98. The summed E-state index contributed by atoms with van der Waals surface area (Å²) in [6.45, 7) is 8.01. The molecule has 0 bridgehead atoms. The second-order valence-electron chi connectivity index (χ2n) is 5.50. The van der Waals surface area contributed by atoms with E-state index in [0.717, 1.165) is 12.2 Å². The van der Waals surface area contributed by atoms with Crippen molar-refractivity contribution in [1.29, 1.82) is 0 Å². The molecular formula is C13H24N2O2S. The quantitative estimate of drug-likeness (QED) is 0.774. The minimum absolute atomic E-state index is 0.0377. The third-order valence-corrected chi connectivity index (χ3v) is 4.47. The van der Waals surface area contributed by atoms with Crippen molar-refractivity contribution >= 4 is 23.6 Å². The standard InChI is InChI=1S/C13H24N2O2S/c1-6-13(4)11(17)15(8-7-9-18-5)12(2,3)10(16)14-13/h6-9H2,1-5H3,(H,14,16). The van der Waals surface area contributed by atoms with Crippen molar-refractivity contribution in [3.63, 3.8) is 0 Å². The molecule has 1 aliphatic heterocycles. The smallest absolute Gasteiger partial charge is 0.248 e. The van der Waals surface area contributed by atoms with Crippen LogP contribution in [0.4, 0.5) is 0 Å². The number of thioether (sulfide) groups is 1. The minimum atomic E-state index is -0.746. The Hall–Kier alpha value is -0.710. The van der Waals surface area contributed by atoms with Crippen molar-refractivity contribution in [2.45, 2.75) is 51.6 Å². The summed E-state index contributed by atoms with van der Waals surface area (Å²) < 4.78 is 0. The van der Waals surface area contributed by atoms with E-state index in [9.17, 15) is 9.59 Å². The van der Waals surface area contributed by atoms with Crippen LogP contribution in [0.15, 0.2) is 0 Å². The SMILES string of the molecule is CCC1(C)NC(=O)C(C)(C)N(CCCSC)C1=O. The normalized spacial score (nSPS) is 27.3. The van der Waals surface area contributed by atoms with Crippen molar-refractivity contribution in [3.8, 4) is 0 Å². The van der Waals surface area contributed by atoms with Crippen LogP contribution in [-0.4, -0.2) is 46.3 Å². The lowest BCUT2D eigenvalue weighted by Crippen LogP contribution is -2.73. The third kappa shape index (κ3) is 2.66. The van der Waals surface area contributed by atoms with E-state index in [-0.39, 0.29) is 11.8 Å². The number of amides is 2. The van der Waals surface area contributed by atoms with Gasteiger partial charge in [-0.15, -0.1) is 0 Å². The summed E-state index contributed by atoms with van der Waals surface area (Å²) in [5.74, 6) is 0.982. The Kier molecular flexibility index (Phi) is 4.70. The molecular weight excluding hydrogens is 248 g/mol. The van der Waals surface area contributed by atoms with Gasteiger partial charge in [0.1, 0.15) is 11.1 Å². The van der Waals surface area contributed by atoms with E-state index in [4.69, 9.17) is 0 Å². The van der Waals surface area contributed by atoms with Gasteiger partial charge in [-0.1, -0.05) is 6.92 Å². The van der Waals surface area contributed by atoms with Gasteiger partial charge in [0.2, 0.25) is 11.8 Å². The molecule has 5 heteroatoms. The fourth-order valence-corrected chi connectivity index (χ4v) is 2.54. The number of carbonyl (C=O) groups excluding carboxylic acids is 2. The molecule has 1 fully saturated rings. The van der Waals surface area contributed by atoms with Gasteiger partial charge in [0, 0.05) is 6.54 Å². The molecule has 1 saturated heterocycles. The molecule has 0 aromatic heterocycles. The highest BCUT2D eigenvalue weighted by Gasteiger charge is 2.50. The van der Waals surface area contributed by atoms with Crippen molar-refractivity contribution in [2.24, 2.45) is 0 Å². The highest BCUT2D eigenvalue weighted by atomic mass is 32.2. The van der Waals surface area contributed by atoms with Crippen LogP contribution < -0.4 is 5.32 Å². The van der Waals surface area contributed by atoms with Gasteiger partial charge < -0.3 is 10.2 Å². The van der Waals surface area contributed by atoms with Crippen molar-refractivity contribution in [1.82, 2.24) is 10.2 Å². The van der Waals surface area contributed by atoms with Crippen LogP contribution >= 0.6 is 11.8 Å². The summed E-state index contributed by atoms with van der Waals surface area (Å²) in [7, 11) is 0. The number of rotatable bonds is 5. The number of nitrogens with one attached hydrogen (secondary N) is 1. The van der Waals surface area contributed by atoms with Gasteiger partial charge >= 0.3 is 0 Å². The van der Waals surface area contributed by atoms with Crippen LogP contribution in [0.3, 0.4) is 0 Å². The Bertz CT molecular complexity index is 344. The second kappa shape index (κ2) is 5.51. The Labute approximate surface area is 114 Å². The van der Waals surface area contributed by atoms with Gasteiger partial charge in [-0.2, -0.15) is 11.8 Å². The van der Waals surface area contributed by atoms with E-state index in [1.54, 1.807) is 16.7 Å². The monoisotopic (exact) mass is 272 g/mol. The predicted molar refractivity (Wildman–Crippen MR) is 75.6 cm³/mol. The van der Waals surface area contributed by atoms with Crippen LogP contribution in [0.1, 0.15) is 40.5 Å². The van der Waals surface area contributed by atoms with Gasteiger partial charge in [-0.25, -0.2) is 0 Å². The Morgan fingerprint density at radius 3 is 2.39 bits per heavy atom. The third-order valence-electron chi connectivity index (χ3n) is 3.77. The van der Waals surface area contributed by atoms with Gasteiger partial charge in [-0.05, 0) is 45.6 Å². The van der Waals surface area contributed by atoms with Crippen LogP contribution in [0.5, 0.6) is 0 Å². The summed E-state index contributed by atoms with van der Waals surface area (Å²) in [5.41, 5.74) is -1.49. The van der Waals surface area contributed by atoms with E-state index in [2.05, 4.69) is 5.32 Å². The minimum Gasteiger partial charge on any atom is -0.340 e. The molecule has 1 rings (SSSR count). The maximum absolute atomic E-state index is 12.5. The lowest BCUT2D eigenvalue weighted by atomic mass is 9.86. The maximum atomic E-state index is 12.5. The van der Waals surface area contributed by atoms with Crippen LogP contribution in [0, 0.1) is 0 Å². The molecule has 1 N–H and O–H groups in total. The summed E-state index contributed by atoms with van der Waals surface area (Å²) in [5, 5.41) is 2.87. The predicted octanol–water partition coefficient (Wildman–Crippen LogP) is 1.65. The average Bonchev–Trinajstić information content (AvgIpc) is 2.31. The molecule has 1 heterocycles. The molecule has 1 aliphatic rings. The Morgan fingerprint density at radius 1 is 1.28 bits per heavy atom. The summed E-state index contributed by atoms with van der Waals surface area (Å²) in [6.07, 6.45) is 3.59. The topological polar surface area (TPSA) is 49.4 Å². The molecule has 2 amide bonds. The molecule has 0 radical (unpaired) electrons. The molecule has 0 aliphatic carbocycles. The highest BCUT2D eigenvalue weighted by Crippen LogP contribution is 2.28. The first-order chi connectivity index (χ1) is 8.29. The zero-order valence-electron chi connectivity index (χ0n) is 12.0. The molecule has 0 aromatic rings. The number of carbonyl (C=O) groups is 2. The van der Waals surface area contributed by atoms with E-state index >= 15 is 0 Å². The fraction of sp³-hybridized carbons (Fsp3) is 0.846. The first-order valence-electron chi connectivity index (χ1n) is 6.43. The molecule has 0 aromatic carbocycles. The second-order valence-corrected chi connectivity index (χ2v) is 6.49. The van der Waals surface area contributed by atoms with Gasteiger partial charge in [0.05, 0.1) is 0 Å². The van der Waals surface area contributed by atoms with E-state index in [1.807, 2.05) is 34.0 Å². The zero-order chi connectivity index (χ0) is 14.0. The number of hydrogen-bond donors (Lipinski definition) is 1. The lowest BCUT2D eigenvalue weighted by Gasteiger charge is -2.48. The van der Waals surface area contributed by atoms with Gasteiger partial charge in [-0.3, -0.25) is 9.59 Å². The Morgan fingerprint density at radius 2 is 1.89 bits per heavy atom. The fourth-order valence-electron chi connectivity index (χ4n) is 2.12. The molecule has 18 heavy (non-hydrogen) atoms. The number of nitrogens with zero attached hydrogens (tertiary/aromatic N) is 1. The number of hydrogen-bond acceptors (Lipinski definition) is 3. The summed E-state index contributed by atoms with van der Waals surface area (Å²) in [4.78, 5) is 26.4. The maximum Gasteiger partial charge on any atom is 0.248 e. The van der Waals surface area contributed by atoms with E-state index in [0.29, 0.717) is 13.0 Å². The van der Waals surface area contributed by atoms with E-state index < -0.39 is 11.1 Å². The van der Waals surface area contributed by atoms with Crippen molar-refractivity contribution in [2.75, 3.05) is 18.6 Å². The van der Waals surface area contributed by atoms with Crippen LogP contribution in [0.25, 0.3) is 0 Å². The largest absolute Gasteiger partial charge is 0.340 e. The van der Waals surface area contributed by atoms with Crippen LogP contribution in [0.2, 0.25) is 0 Å². The van der Waals surface area contributed by atoms with E-state index in [1.165, 1.54) is 0 Å². The molecule has 0 spiro atoms. The molecule has 0 saturated carbocycles. The number of piperazine rings is 1. The first kappa shape index (κ1) is 15.3. The first-order valence-corrected chi connectivity index (χ1v) is 7.82. The molecule has 1 atom stereocenters. The molecule has 1 unspecified atom stereocenters. The van der Waals surface area contributed by atoms with Crippen molar-refractivity contribution < 1.29 is 9.59 Å². The van der Waals surface area contributed by atoms with Gasteiger partial charge in [0.25, 0.3) is 0 Å². The average molecular weight is 272 g/mol. The Balaban J connectivity index is 2.93. The van der Waals surface area contributed by atoms with Crippen molar-refractivity contribution in [3.05, 3.63) is 0 Å². The van der Waals surface area contributed by atoms with Crippen LogP contribution in [-0.2, 0) is 9.59 Å². The lowest BCUT2D eigenvalue weighted by molar-refractivity contribution is -0.160. The molecule has 104 valence electrons. The summed E-state index contributed by atoms with van der Waals surface area (Å²) in [6, 6.07) is 0. The molecule has 4 nitrogen and oxygen atoms in total.